The molecule has 4 nitrogen and oxygen atoms in total. The lowest BCUT2D eigenvalue weighted by atomic mass is 10.1. The molecule has 0 atom stereocenters. The highest BCUT2D eigenvalue weighted by molar-refractivity contribution is 5.67. The van der Waals surface area contributed by atoms with Crippen molar-refractivity contribution in [2.75, 3.05) is 0 Å². The lowest BCUT2D eigenvalue weighted by Crippen LogP contribution is -2.23. The molecule has 104 valence electrons. The van der Waals surface area contributed by atoms with Gasteiger partial charge in [-0.05, 0) is 16.7 Å². The number of aliphatic hydroxyl groups is 1. The van der Waals surface area contributed by atoms with Gasteiger partial charge in [0.15, 0.2) is 0 Å². The van der Waals surface area contributed by atoms with Gasteiger partial charge in [-0.1, -0.05) is 54.6 Å². The van der Waals surface area contributed by atoms with Crippen LogP contribution >= 0.6 is 0 Å². The molecule has 2 N–H and O–H groups in total. The highest BCUT2D eigenvalue weighted by atomic mass is 16.5. The fourth-order valence-corrected chi connectivity index (χ4v) is 1.79. The summed E-state index contributed by atoms with van der Waals surface area (Å²) in [6, 6.07) is 16.9. The number of benzene rings is 2. The molecular formula is C16H17NO3. The molecule has 2 aromatic rings. The zero-order chi connectivity index (χ0) is 14.2. The van der Waals surface area contributed by atoms with Crippen LogP contribution in [0.15, 0.2) is 54.6 Å². The second kappa shape index (κ2) is 7.31. The molecule has 0 aliphatic heterocycles. The van der Waals surface area contributed by atoms with Gasteiger partial charge < -0.3 is 15.2 Å². The smallest absolute Gasteiger partial charge is 0.407 e. The third-order valence-electron chi connectivity index (χ3n) is 2.82. The summed E-state index contributed by atoms with van der Waals surface area (Å²) < 4.78 is 5.11. The Labute approximate surface area is 118 Å². The van der Waals surface area contributed by atoms with Crippen LogP contribution in [-0.2, 0) is 24.5 Å². The molecule has 2 aromatic carbocycles. The molecule has 0 spiro atoms. The lowest BCUT2D eigenvalue weighted by Gasteiger charge is -2.08. The zero-order valence-corrected chi connectivity index (χ0v) is 11.1. The Morgan fingerprint density at radius 1 is 1.00 bits per heavy atom. The third kappa shape index (κ3) is 4.40. The van der Waals surface area contributed by atoms with E-state index in [9.17, 15) is 4.79 Å². The van der Waals surface area contributed by atoms with Crippen LogP contribution in [0.25, 0.3) is 0 Å². The average Bonchev–Trinajstić information content (AvgIpc) is 2.52. The van der Waals surface area contributed by atoms with Crippen LogP contribution in [0.3, 0.4) is 0 Å². The highest BCUT2D eigenvalue weighted by Gasteiger charge is 2.03. The van der Waals surface area contributed by atoms with Crippen molar-refractivity contribution in [1.29, 1.82) is 0 Å². The molecule has 0 aliphatic carbocycles. The third-order valence-corrected chi connectivity index (χ3v) is 2.82. The van der Waals surface area contributed by atoms with Gasteiger partial charge in [-0.3, -0.25) is 0 Å². The maximum atomic E-state index is 11.6. The van der Waals surface area contributed by atoms with Crippen LogP contribution < -0.4 is 5.32 Å². The monoisotopic (exact) mass is 271 g/mol. The van der Waals surface area contributed by atoms with E-state index < -0.39 is 6.09 Å². The van der Waals surface area contributed by atoms with Crippen LogP contribution in [0.5, 0.6) is 0 Å². The van der Waals surface area contributed by atoms with E-state index in [4.69, 9.17) is 9.84 Å². The maximum Gasteiger partial charge on any atom is 0.407 e. The second-order valence-corrected chi connectivity index (χ2v) is 4.39. The van der Waals surface area contributed by atoms with E-state index >= 15 is 0 Å². The number of ether oxygens (including phenoxy) is 1. The van der Waals surface area contributed by atoms with E-state index in [1.807, 2.05) is 54.6 Å². The van der Waals surface area contributed by atoms with E-state index in [2.05, 4.69) is 5.32 Å². The fourth-order valence-electron chi connectivity index (χ4n) is 1.79. The predicted octanol–water partition coefficient (Wildman–Crippen LogP) is 2.61. The predicted molar refractivity (Wildman–Crippen MR) is 75.8 cm³/mol. The minimum Gasteiger partial charge on any atom is -0.445 e. The van der Waals surface area contributed by atoms with Crippen molar-refractivity contribution in [2.24, 2.45) is 0 Å². The van der Waals surface area contributed by atoms with E-state index in [0.29, 0.717) is 6.54 Å². The van der Waals surface area contributed by atoms with Crippen molar-refractivity contribution in [2.45, 2.75) is 19.8 Å². The molecule has 0 saturated carbocycles. The Kier molecular flexibility index (Phi) is 5.15. The summed E-state index contributed by atoms with van der Waals surface area (Å²) in [4.78, 5) is 11.6. The first-order chi connectivity index (χ1) is 9.78. The molecule has 2 rings (SSSR count). The number of amides is 1. The summed E-state index contributed by atoms with van der Waals surface area (Å²) in [5, 5.41) is 11.7. The SMILES string of the molecule is O=C(NCc1cccc(CO)c1)OCc1ccccc1. The topological polar surface area (TPSA) is 58.6 Å². The Morgan fingerprint density at radius 3 is 2.45 bits per heavy atom. The fraction of sp³-hybridized carbons (Fsp3) is 0.188. The van der Waals surface area contributed by atoms with Gasteiger partial charge in [0.25, 0.3) is 0 Å². The molecular weight excluding hydrogens is 254 g/mol. The quantitative estimate of drug-likeness (QED) is 0.878. The van der Waals surface area contributed by atoms with Crippen LogP contribution in [0, 0.1) is 0 Å². The zero-order valence-electron chi connectivity index (χ0n) is 11.1. The van der Waals surface area contributed by atoms with E-state index in [-0.39, 0.29) is 13.2 Å². The van der Waals surface area contributed by atoms with Crippen LogP contribution in [-0.4, -0.2) is 11.2 Å². The minimum atomic E-state index is -0.455. The van der Waals surface area contributed by atoms with Crippen LogP contribution in [0.4, 0.5) is 4.79 Å². The summed E-state index contributed by atoms with van der Waals surface area (Å²) in [7, 11) is 0. The van der Waals surface area contributed by atoms with E-state index in [0.717, 1.165) is 16.7 Å². The van der Waals surface area contributed by atoms with Crippen molar-refractivity contribution in [3.05, 3.63) is 71.3 Å². The first-order valence-electron chi connectivity index (χ1n) is 6.41. The average molecular weight is 271 g/mol. The summed E-state index contributed by atoms with van der Waals surface area (Å²) in [5.41, 5.74) is 2.69. The Morgan fingerprint density at radius 2 is 1.70 bits per heavy atom. The highest BCUT2D eigenvalue weighted by Crippen LogP contribution is 2.05. The molecule has 0 saturated heterocycles. The first-order valence-corrected chi connectivity index (χ1v) is 6.41. The van der Waals surface area contributed by atoms with Gasteiger partial charge in [-0.15, -0.1) is 0 Å². The molecule has 0 radical (unpaired) electrons. The Balaban J connectivity index is 1.77. The lowest BCUT2D eigenvalue weighted by molar-refractivity contribution is 0.139. The Hall–Kier alpha value is -2.33. The number of hydrogen-bond acceptors (Lipinski definition) is 3. The molecule has 0 unspecified atom stereocenters. The summed E-state index contributed by atoms with van der Waals surface area (Å²) in [6.07, 6.45) is -0.455. The number of hydrogen-bond donors (Lipinski definition) is 2. The van der Waals surface area contributed by atoms with Crippen molar-refractivity contribution >= 4 is 6.09 Å². The maximum absolute atomic E-state index is 11.6. The van der Waals surface area contributed by atoms with Gasteiger partial charge in [0.2, 0.25) is 0 Å². The molecule has 0 aliphatic rings. The van der Waals surface area contributed by atoms with E-state index in [1.54, 1.807) is 0 Å². The number of carbonyl (C=O) groups is 1. The number of aliphatic hydroxyl groups excluding tert-OH is 1. The van der Waals surface area contributed by atoms with Gasteiger partial charge in [0.1, 0.15) is 6.61 Å². The van der Waals surface area contributed by atoms with Gasteiger partial charge in [0.05, 0.1) is 6.61 Å². The summed E-state index contributed by atoms with van der Waals surface area (Å²) in [6.45, 7) is 0.622. The molecule has 0 bridgehead atoms. The second-order valence-electron chi connectivity index (χ2n) is 4.39. The molecule has 0 fully saturated rings. The molecule has 4 heteroatoms. The molecule has 0 aromatic heterocycles. The van der Waals surface area contributed by atoms with Crippen molar-refractivity contribution in [3.63, 3.8) is 0 Å². The van der Waals surface area contributed by atoms with Gasteiger partial charge >= 0.3 is 6.09 Å². The minimum absolute atomic E-state index is 0.00765. The van der Waals surface area contributed by atoms with Crippen molar-refractivity contribution < 1.29 is 14.6 Å². The van der Waals surface area contributed by atoms with Crippen molar-refractivity contribution in [3.8, 4) is 0 Å². The van der Waals surface area contributed by atoms with E-state index in [1.165, 1.54) is 0 Å². The molecule has 20 heavy (non-hydrogen) atoms. The van der Waals surface area contributed by atoms with Crippen LogP contribution in [0.1, 0.15) is 16.7 Å². The standard InChI is InChI=1S/C16H17NO3/c18-11-15-8-4-7-14(9-15)10-17-16(19)20-12-13-5-2-1-3-6-13/h1-9,18H,10-12H2,(H,17,19). The summed E-state index contributed by atoms with van der Waals surface area (Å²) in [5.74, 6) is 0. The van der Waals surface area contributed by atoms with Gasteiger partial charge in [-0.2, -0.15) is 0 Å². The number of alkyl carbamates (subject to hydrolysis) is 1. The first kappa shape index (κ1) is 14.1. The van der Waals surface area contributed by atoms with Crippen LogP contribution in [0.2, 0.25) is 0 Å². The summed E-state index contributed by atoms with van der Waals surface area (Å²) >= 11 is 0. The van der Waals surface area contributed by atoms with Crippen molar-refractivity contribution in [1.82, 2.24) is 5.32 Å². The molecule has 1 amide bonds. The molecule has 0 heterocycles. The largest absolute Gasteiger partial charge is 0.445 e. The Bertz CT molecular complexity index is 555. The van der Waals surface area contributed by atoms with Gasteiger partial charge in [-0.25, -0.2) is 4.79 Å². The number of nitrogens with one attached hydrogen (secondary N) is 1. The van der Waals surface area contributed by atoms with Gasteiger partial charge in [0, 0.05) is 6.54 Å². The normalized spacial score (nSPS) is 10.1. The number of rotatable bonds is 5. The number of carbonyl (C=O) groups excluding carboxylic acids is 1.